The van der Waals surface area contributed by atoms with Crippen LogP contribution in [0.1, 0.15) is 24.5 Å². The van der Waals surface area contributed by atoms with Crippen molar-refractivity contribution in [1.29, 1.82) is 0 Å². The van der Waals surface area contributed by atoms with Gasteiger partial charge in [-0.25, -0.2) is 0 Å². The van der Waals surface area contributed by atoms with Crippen LogP contribution in [0.2, 0.25) is 20.1 Å². The summed E-state index contributed by atoms with van der Waals surface area (Å²) < 4.78 is 0. The molecule has 0 bridgehead atoms. The highest BCUT2D eigenvalue weighted by Crippen LogP contribution is 2.27. The molecule has 0 fully saturated rings. The predicted molar refractivity (Wildman–Crippen MR) is 115 cm³/mol. The van der Waals surface area contributed by atoms with E-state index in [1.165, 1.54) is 11.9 Å². The molecule has 8 heteroatoms. The number of nitrogens with zero attached hydrogens (tertiary/aromatic N) is 1. The van der Waals surface area contributed by atoms with E-state index in [0.29, 0.717) is 32.1 Å². The van der Waals surface area contributed by atoms with E-state index in [4.69, 9.17) is 46.4 Å². The fourth-order valence-corrected chi connectivity index (χ4v) is 3.73. The molecule has 0 saturated heterocycles. The van der Waals surface area contributed by atoms with Crippen molar-refractivity contribution in [2.75, 3.05) is 7.05 Å². The first-order chi connectivity index (χ1) is 13.3. The minimum Gasteiger partial charge on any atom is -0.357 e. The Labute approximate surface area is 184 Å². The van der Waals surface area contributed by atoms with Gasteiger partial charge in [0.2, 0.25) is 11.8 Å². The molecule has 0 radical (unpaired) electrons. The number of halogens is 4. The van der Waals surface area contributed by atoms with Crippen LogP contribution in [0.4, 0.5) is 0 Å². The Balaban J connectivity index is 2.37. The van der Waals surface area contributed by atoms with Crippen LogP contribution in [0.3, 0.4) is 0 Å². The van der Waals surface area contributed by atoms with Gasteiger partial charge in [-0.2, -0.15) is 0 Å². The van der Waals surface area contributed by atoms with Gasteiger partial charge in [0.15, 0.2) is 0 Å². The molecular weight excluding hydrogens is 442 g/mol. The van der Waals surface area contributed by atoms with Crippen LogP contribution in [0.15, 0.2) is 36.4 Å². The van der Waals surface area contributed by atoms with Gasteiger partial charge in [0.05, 0.1) is 16.5 Å². The molecule has 0 spiro atoms. The standard InChI is InChI=1S/C20H20Cl4N2O2/c1-3-18(20(28)25-2)26(11-12-7-8-16(23)17(24)9-12)19(27)10-13-14(21)5-4-6-15(13)22/h4-9,18H,3,10-11H2,1-2H3,(H,25,28)/t18-/m1/s1. The quantitative estimate of drug-likeness (QED) is 0.600. The molecule has 0 aliphatic heterocycles. The summed E-state index contributed by atoms with van der Waals surface area (Å²) in [6, 6.07) is 9.54. The third kappa shape index (κ3) is 5.54. The molecule has 2 amide bonds. The van der Waals surface area contributed by atoms with Crippen molar-refractivity contribution in [2.24, 2.45) is 0 Å². The van der Waals surface area contributed by atoms with Crippen molar-refractivity contribution >= 4 is 58.2 Å². The Morgan fingerprint density at radius 1 is 1.00 bits per heavy atom. The van der Waals surface area contributed by atoms with E-state index in [-0.39, 0.29) is 24.8 Å². The molecule has 0 aromatic heterocycles. The Kier molecular flexibility index (Phi) is 8.44. The van der Waals surface area contributed by atoms with Gasteiger partial charge in [0.25, 0.3) is 0 Å². The number of hydrogen-bond acceptors (Lipinski definition) is 2. The molecule has 1 atom stereocenters. The first-order valence-electron chi connectivity index (χ1n) is 8.66. The second-order valence-electron chi connectivity index (χ2n) is 6.19. The summed E-state index contributed by atoms with van der Waals surface area (Å²) in [7, 11) is 1.54. The van der Waals surface area contributed by atoms with E-state index in [2.05, 4.69) is 5.32 Å². The number of carbonyl (C=O) groups excluding carboxylic acids is 2. The maximum atomic E-state index is 13.2. The molecule has 0 heterocycles. The van der Waals surface area contributed by atoms with Crippen molar-refractivity contribution in [2.45, 2.75) is 32.4 Å². The minimum absolute atomic E-state index is 0.0205. The number of likely N-dealkylation sites (N-methyl/N-ethyl adjacent to an activating group) is 1. The molecule has 150 valence electrons. The third-order valence-electron chi connectivity index (χ3n) is 4.36. The number of nitrogens with one attached hydrogen (secondary N) is 1. The summed E-state index contributed by atoms with van der Waals surface area (Å²) in [5.41, 5.74) is 1.29. The normalized spacial score (nSPS) is 11.8. The number of amides is 2. The summed E-state index contributed by atoms with van der Waals surface area (Å²) in [5.74, 6) is -0.516. The second kappa shape index (κ2) is 10.4. The lowest BCUT2D eigenvalue weighted by Crippen LogP contribution is -2.48. The molecular formula is C20H20Cl4N2O2. The number of carbonyl (C=O) groups is 2. The molecule has 2 aromatic carbocycles. The van der Waals surface area contributed by atoms with E-state index in [0.717, 1.165) is 5.56 Å². The Morgan fingerprint density at radius 3 is 2.18 bits per heavy atom. The van der Waals surface area contributed by atoms with Gasteiger partial charge in [-0.15, -0.1) is 0 Å². The Morgan fingerprint density at radius 2 is 1.64 bits per heavy atom. The highest BCUT2D eigenvalue weighted by atomic mass is 35.5. The van der Waals surface area contributed by atoms with Crippen molar-refractivity contribution < 1.29 is 9.59 Å². The van der Waals surface area contributed by atoms with Gasteiger partial charge in [-0.1, -0.05) is 65.5 Å². The molecule has 2 rings (SSSR count). The molecule has 0 unspecified atom stereocenters. The van der Waals surface area contributed by atoms with Gasteiger partial charge >= 0.3 is 0 Å². The molecule has 4 nitrogen and oxygen atoms in total. The number of hydrogen-bond donors (Lipinski definition) is 1. The van der Waals surface area contributed by atoms with Crippen molar-refractivity contribution in [3.05, 3.63) is 67.6 Å². The summed E-state index contributed by atoms with van der Waals surface area (Å²) in [6.07, 6.45) is 0.427. The van der Waals surface area contributed by atoms with Crippen LogP contribution in [-0.4, -0.2) is 29.8 Å². The molecule has 0 aliphatic carbocycles. The van der Waals surface area contributed by atoms with Gasteiger partial charge < -0.3 is 10.2 Å². The van der Waals surface area contributed by atoms with Gasteiger partial charge in [-0.3, -0.25) is 9.59 Å². The fraction of sp³-hybridized carbons (Fsp3) is 0.300. The highest BCUT2D eigenvalue weighted by Gasteiger charge is 2.29. The third-order valence-corrected chi connectivity index (χ3v) is 5.81. The maximum Gasteiger partial charge on any atom is 0.242 e. The Hall–Kier alpha value is -1.46. The monoisotopic (exact) mass is 460 g/mol. The van der Waals surface area contributed by atoms with Gasteiger partial charge in [0.1, 0.15) is 6.04 Å². The van der Waals surface area contributed by atoms with Crippen molar-refractivity contribution in [1.82, 2.24) is 10.2 Å². The topological polar surface area (TPSA) is 49.4 Å². The zero-order chi connectivity index (χ0) is 20.8. The smallest absolute Gasteiger partial charge is 0.242 e. The van der Waals surface area contributed by atoms with Crippen LogP contribution >= 0.6 is 46.4 Å². The lowest BCUT2D eigenvalue weighted by molar-refractivity contribution is -0.140. The number of benzene rings is 2. The number of rotatable bonds is 7. The van der Waals surface area contributed by atoms with Crippen molar-refractivity contribution in [3.63, 3.8) is 0 Å². The molecule has 28 heavy (non-hydrogen) atoms. The largest absolute Gasteiger partial charge is 0.357 e. The summed E-state index contributed by atoms with van der Waals surface area (Å²) in [5, 5.41) is 4.23. The van der Waals surface area contributed by atoms with Gasteiger partial charge in [-0.05, 0) is 41.8 Å². The molecule has 2 aromatic rings. The second-order valence-corrected chi connectivity index (χ2v) is 7.81. The summed E-state index contributed by atoms with van der Waals surface area (Å²) in [6.45, 7) is 2.04. The predicted octanol–water partition coefficient (Wildman–Crippen LogP) is 5.40. The van der Waals surface area contributed by atoms with E-state index in [9.17, 15) is 9.59 Å². The van der Waals surface area contributed by atoms with Crippen LogP contribution in [0.5, 0.6) is 0 Å². The lowest BCUT2D eigenvalue weighted by atomic mass is 10.1. The zero-order valence-corrected chi connectivity index (χ0v) is 18.5. The molecule has 0 aliphatic rings. The van der Waals surface area contributed by atoms with Crippen LogP contribution < -0.4 is 5.32 Å². The average molecular weight is 462 g/mol. The first kappa shape index (κ1) is 22.8. The van der Waals surface area contributed by atoms with Crippen molar-refractivity contribution in [3.8, 4) is 0 Å². The van der Waals surface area contributed by atoms with E-state index in [1.807, 2.05) is 6.92 Å². The van der Waals surface area contributed by atoms with Crippen LogP contribution in [0.25, 0.3) is 0 Å². The Bertz CT molecular complexity index is 853. The average Bonchev–Trinajstić information content (AvgIpc) is 2.67. The lowest BCUT2D eigenvalue weighted by Gasteiger charge is -2.30. The minimum atomic E-state index is -0.645. The maximum absolute atomic E-state index is 13.2. The fourth-order valence-electron chi connectivity index (χ4n) is 2.87. The van der Waals surface area contributed by atoms with Crippen LogP contribution in [-0.2, 0) is 22.6 Å². The van der Waals surface area contributed by atoms with E-state index >= 15 is 0 Å². The first-order valence-corrected chi connectivity index (χ1v) is 10.2. The SMILES string of the molecule is CC[C@H](C(=O)NC)N(Cc1ccc(Cl)c(Cl)c1)C(=O)Cc1c(Cl)cccc1Cl. The zero-order valence-electron chi connectivity index (χ0n) is 15.4. The van der Waals surface area contributed by atoms with Gasteiger partial charge in [0, 0.05) is 23.6 Å². The molecule has 1 N–H and O–H groups in total. The van der Waals surface area contributed by atoms with E-state index < -0.39 is 6.04 Å². The summed E-state index contributed by atoms with van der Waals surface area (Å²) >= 11 is 24.5. The molecule has 0 saturated carbocycles. The highest BCUT2D eigenvalue weighted by molar-refractivity contribution is 6.42. The van der Waals surface area contributed by atoms with E-state index in [1.54, 1.807) is 36.4 Å². The summed E-state index contributed by atoms with van der Waals surface area (Å²) in [4.78, 5) is 27.1. The van der Waals surface area contributed by atoms with Crippen LogP contribution in [0, 0.1) is 0 Å².